The summed E-state index contributed by atoms with van der Waals surface area (Å²) in [5, 5.41) is 4.64. The van der Waals surface area contributed by atoms with Crippen molar-refractivity contribution in [2.45, 2.75) is 32.7 Å². The third-order valence-electron chi connectivity index (χ3n) is 4.44. The Morgan fingerprint density at radius 3 is 2.54 bits per heavy atom. The number of nitrogens with zero attached hydrogens (tertiary/aromatic N) is 4. The van der Waals surface area contributed by atoms with Gasteiger partial charge in [0.15, 0.2) is 0 Å². The van der Waals surface area contributed by atoms with Gasteiger partial charge in [-0.3, -0.25) is 14.4 Å². The minimum absolute atomic E-state index is 0.0374. The molecular weight excluding hydrogens is 304 g/mol. The van der Waals surface area contributed by atoms with Crippen molar-refractivity contribution in [3.05, 3.63) is 41.6 Å². The van der Waals surface area contributed by atoms with Crippen LogP contribution in [-0.2, 0) is 19.0 Å². The number of rotatable bonds is 3. The van der Waals surface area contributed by atoms with Crippen LogP contribution in [0.4, 0.5) is 0 Å². The lowest BCUT2D eigenvalue weighted by Crippen LogP contribution is -2.48. The summed E-state index contributed by atoms with van der Waals surface area (Å²) in [6, 6.07) is 1.72. The van der Waals surface area contributed by atoms with Gasteiger partial charge in [-0.1, -0.05) is 20.8 Å². The van der Waals surface area contributed by atoms with Crippen LogP contribution in [0.2, 0.25) is 0 Å². The Hall–Kier alpha value is -2.08. The first kappa shape index (κ1) is 16.8. The van der Waals surface area contributed by atoms with Crippen molar-refractivity contribution in [1.29, 1.82) is 0 Å². The molecule has 24 heavy (non-hydrogen) atoms. The third-order valence-corrected chi connectivity index (χ3v) is 4.44. The van der Waals surface area contributed by atoms with Crippen molar-refractivity contribution in [3.8, 4) is 0 Å². The minimum atomic E-state index is 0.0374. The van der Waals surface area contributed by atoms with Gasteiger partial charge in [0, 0.05) is 56.9 Å². The van der Waals surface area contributed by atoms with E-state index in [-0.39, 0.29) is 11.3 Å². The highest BCUT2D eigenvalue weighted by Gasteiger charge is 2.26. The highest BCUT2D eigenvalue weighted by molar-refractivity contribution is 5.93. The van der Waals surface area contributed by atoms with Gasteiger partial charge in [-0.15, -0.1) is 0 Å². The van der Waals surface area contributed by atoms with E-state index in [2.05, 4.69) is 37.0 Å². The largest absolute Gasteiger partial charge is 0.472 e. The van der Waals surface area contributed by atoms with E-state index >= 15 is 0 Å². The van der Waals surface area contributed by atoms with Crippen molar-refractivity contribution in [2.24, 2.45) is 7.05 Å². The van der Waals surface area contributed by atoms with E-state index in [9.17, 15) is 4.79 Å². The van der Waals surface area contributed by atoms with Crippen LogP contribution in [-0.4, -0.2) is 51.7 Å². The zero-order valence-electron chi connectivity index (χ0n) is 15.0. The summed E-state index contributed by atoms with van der Waals surface area (Å²) >= 11 is 0. The van der Waals surface area contributed by atoms with E-state index in [0.717, 1.165) is 38.4 Å². The van der Waals surface area contributed by atoms with Crippen LogP contribution in [0.1, 0.15) is 42.4 Å². The first-order valence-corrected chi connectivity index (χ1v) is 8.41. The zero-order chi connectivity index (χ0) is 17.3. The molecule has 1 saturated heterocycles. The van der Waals surface area contributed by atoms with Gasteiger partial charge < -0.3 is 9.32 Å². The van der Waals surface area contributed by atoms with Crippen molar-refractivity contribution < 1.29 is 9.21 Å². The lowest BCUT2D eigenvalue weighted by atomic mass is 9.89. The molecule has 0 radical (unpaired) electrons. The van der Waals surface area contributed by atoms with E-state index in [1.807, 2.05) is 16.6 Å². The Labute approximate surface area is 143 Å². The standard InChI is InChI=1S/C18H26N4O2/c1-18(2,3)16-15(11-20(4)19-16)12-21-6-8-22(9-7-21)17(23)14-5-10-24-13-14/h5,10-11,13H,6-9,12H2,1-4H3. The Morgan fingerprint density at radius 2 is 1.96 bits per heavy atom. The number of aryl methyl sites for hydroxylation is 1. The van der Waals surface area contributed by atoms with Crippen LogP contribution in [0.3, 0.4) is 0 Å². The van der Waals surface area contributed by atoms with E-state index in [1.165, 1.54) is 11.8 Å². The Bertz CT molecular complexity index is 689. The van der Waals surface area contributed by atoms with Crippen LogP contribution >= 0.6 is 0 Å². The Kier molecular flexibility index (Phi) is 4.49. The summed E-state index contributed by atoms with van der Waals surface area (Å²) in [5.74, 6) is 0.0557. The van der Waals surface area contributed by atoms with E-state index < -0.39 is 0 Å². The minimum Gasteiger partial charge on any atom is -0.472 e. The molecule has 2 aromatic rings. The summed E-state index contributed by atoms with van der Waals surface area (Å²) in [4.78, 5) is 16.6. The van der Waals surface area contributed by atoms with Crippen LogP contribution in [0.15, 0.2) is 29.2 Å². The fraction of sp³-hybridized carbons (Fsp3) is 0.556. The molecule has 6 heteroatoms. The molecule has 1 aliphatic heterocycles. The summed E-state index contributed by atoms with van der Waals surface area (Å²) in [6.45, 7) is 10.7. The second-order valence-corrected chi connectivity index (χ2v) is 7.51. The molecule has 0 N–H and O–H groups in total. The molecule has 1 amide bonds. The van der Waals surface area contributed by atoms with E-state index in [1.54, 1.807) is 12.3 Å². The van der Waals surface area contributed by atoms with Gasteiger partial charge in [-0.25, -0.2) is 0 Å². The average molecular weight is 330 g/mol. The molecule has 0 saturated carbocycles. The molecule has 0 atom stereocenters. The smallest absolute Gasteiger partial charge is 0.257 e. The average Bonchev–Trinajstić information content (AvgIpc) is 3.16. The fourth-order valence-electron chi connectivity index (χ4n) is 3.20. The number of piperazine rings is 1. The summed E-state index contributed by atoms with van der Waals surface area (Å²) < 4.78 is 6.90. The number of amides is 1. The number of hydrogen-bond donors (Lipinski definition) is 0. The number of carbonyl (C=O) groups is 1. The molecule has 1 fully saturated rings. The summed E-state index contributed by atoms with van der Waals surface area (Å²) in [5.41, 5.74) is 3.10. The van der Waals surface area contributed by atoms with Gasteiger partial charge in [0.25, 0.3) is 5.91 Å². The number of hydrogen-bond acceptors (Lipinski definition) is 4. The van der Waals surface area contributed by atoms with Gasteiger partial charge >= 0.3 is 0 Å². The van der Waals surface area contributed by atoms with Gasteiger partial charge in [0.2, 0.25) is 0 Å². The first-order chi connectivity index (χ1) is 11.3. The Morgan fingerprint density at radius 1 is 1.25 bits per heavy atom. The molecule has 0 spiro atoms. The monoisotopic (exact) mass is 330 g/mol. The molecule has 130 valence electrons. The Balaban J connectivity index is 1.61. The SMILES string of the molecule is Cn1cc(CN2CCN(C(=O)c3ccoc3)CC2)c(C(C)(C)C)n1. The van der Waals surface area contributed by atoms with Crippen LogP contribution < -0.4 is 0 Å². The number of furan rings is 1. The highest BCUT2D eigenvalue weighted by atomic mass is 16.3. The molecule has 0 aliphatic carbocycles. The van der Waals surface area contributed by atoms with Crippen molar-refractivity contribution in [3.63, 3.8) is 0 Å². The predicted molar refractivity (Wildman–Crippen MR) is 91.8 cm³/mol. The maximum atomic E-state index is 12.3. The fourth-order valence-corrected chi connectivity index (χ4v) is 3.20. The van der Waals surface area contributed by atoms with Crippen LogP contribution in [0.25, 0.3) is 0 Å². The van der Waals surface area contributed by atoms with Gasteiger partial charge in [-0.05, 0) is 6.07 Å². The molecule has 1 aliphatic rings. The van der Waals surface area contributed by atoms with Gasteiger partial charge in [-0.2, -0.15) is 5.10 Å². The number of aromatic nitrogens is 2. The topological polar surface area (TPSA) is 54.5 Å². The van der Waals surface area contributed by atoms with Gasteiger partial charge in [0.05, 0.1) is 17.5 Å². The predicted octanol–water partition coefficient (Wildman–Crippen LogP) is 2.27. The molecular formula is C18H26N4O2. The van der Waals surface area contributed by atoms with Crippen molar-refractivity contribution >= 4 is 5.91 Å². The molecule has 2 aromatic heterocycles. The lowest BCUT2D eigenvalue weighted by molar-refractivity contribution is 0.0627. The second-order valence-electron chi connectivity index (χ2n) is 7.51. The molecule has 3 rings (SSSR count). The maximum absolute atomic E-state index is 12.3. The van der Waals surface area contributed by atoms with Crippen molar-refractivity contribution in [1.82, 2.24) is 19.6 Å². The zero-order valence-corrected chi connectivity index (χ0v) is 15.0. The molecule has 0 unspecified atom stereocenters. The lowest BCUT2D eigenvalue weighted by Gasteiger charge is -2.34. The maximum Gasteiger partial charge on any atom is 0.257 e. The first-order valence-electron chi connectivity index (χ1n) is 8.41. The van der Waals surface area contributed by atoms with Crippen molar-refractivity contribution in [2.75, 3.05) is 26.2 Å². The highest BCUT2D eigenvalue weighted by Crippen LogP contribution is 2.25. The van der Waals surface area contributed by atoms with Crippen LogP contribution in [0, 0.1) is 0 Å². The molecule has 0 aromatic carbocycles. The second kappa shape index (κ2) is 6.43. The summed E-state index contributed by atoms with van der Waals surface area (Å²) in [7, 11) is 1.97. The van der Waals surface area contributed by atoms with Crippen LogP contribution in [0.5, 0.6) is 0 Å². The number of carbonyl (C=O) groups excluding carboxylic acids is 1. The molecule has 0 bridgehead atoms. The van der Waals surface area contributed by atoms with Gasteiger partial charge in [0.1, 0.15) is 6.26 Å². The third kappa shape index (κ3) is 3.53. The molecule has 3 heterocycles. The quantitative estimate of drug-likeness (QED) is 0.866. The van der Waals surface area contributed by atoms with E-state index in [4.69, 9.17) is 4.42 Å². The normalized spacial score (nSPS) is 16.6. The molecule has 6 nitrogen and oxygen atoms in total. The summed E-state index contributed by atoms with van der Waals surface area (Å²) in [6.07, 6.45) is 5.17. The van der Waals surface area contributed by atoms with E-state index in [0.29, 0.717) is 5.56 Å².